The molecule has 4 heteroatoms. The Morgan fingerprint density at radius 3 is 2.17 bits per heavy atom. The third-order valence-electron chi connectivity index (χ3n) is 1.25. The molecule has 1 atom stereocenters. The lowest BCUT2D eigenvalue weighted by atomic mass is 10.1. The fourth-order valence-corrected chi connectivity index (χ4v) is 1.21. The predicted octanol–water partition coefficient (Wildman–Crippen LogP) is 0.458. The molecule has 0 bridgehead atoms. The first-order valence-electron chi connectivity index (χ1n) is 3.97. The van der Waals surface area contributed by atoms with Crippen LogP contribution in [-0.4, -0.2) is 41.8 Å². The number of nitrogens with zero attached hydrogens (tertiary/aromatic N) is 1. The highest BCUT2D eigenvalue weighted by atomic mass is 35.5. The molecule has 3 nitrogen and oxygen atoms in total. The molecule has 0 spiro atoms. The molecule has 0 aromatic heterocycles. The molecule has 0 aliphatic carbocycles. The van der Waals surface area contributed by atoms with Gasteiger partial charge in [-0.25, -0.2) is 0 Å². The summed E-state index contributed by atoms with van der Waals surface area (Å²) in [6, 6.07) is 0. The van der Waals surface area contributed by atoms with Crippen molar-refractivity contribution in [3.05, 3.63) is 0 Å². The molecule has 0 rings (SSSR count). The fraction of sp³-hybridized carbons (Fsp3) is 1.00. The second-order valence-corrected chi connectivity index (χ2v) is 4.03. The average molecular weight is 197 g/mol. The van der Waals surface area contributed by atoms with Gasteiger partial charge in [-0.15, -0.1) is 12.4 Å². The molecule has 3 N–H and O–H groups in total. The Balaban J connectivity index is 0. The highest BCUT2D eigenvalue weighted by Gasteiger charge is 2.14. The van der Waals surface area contributed by atoms with Crippen LogP contribution < -0.4 is 5.73 Å². The Morgan fingerprint density at radius 2 is 1.92 bits per heavy atom. The van der Waals surface area contributed by atoms with Gasteiger partial charge in [0.25, 0.3) is 0 Å². The molecule has 12 heavy (non-hydrogen) atoms. The van der Waals surface area contributed by atoms with Gasteiger partial charge in [-0.3, -0.25) is 0 Å². The monoisotopic (exact) mass is 196 g/mol. The normalized spacial score (nSPS) is 14.2. The van der Waals surface area contributed by atoms with Gasteiger partial charge in [0.05, 0.1) is 6.10 Å². The molecule has 1 unspecified atom stereocenters. The maximum atomic E-state index is 9.04. The van der Waals surface area contributed by atoms with Crippen LogP contribution in [0.5, 0.6) is 0 Å². The standard InChI is InChI=1S/C8H20N2O.ClH/c1-7(11)5-10(4)6-8(2,3)9;/h7,11H,5-6,9H2,1-4H3;1H. The Bertz CT molecular complexity index is 112. The summed E-state index contributed by atoms with van der Waals surface area (Å²) in [5.74, 6) is 0. The van der Waals surface area contributed by atoms with Gasteiger partial charge in [-0.2, -0.15) is 0 Å². The molecule has 0 saturated carbocycles. The lowest BCUT2D eigenvalue weighted by Gasteiger charge is -2.27. The third kappa shape index (κ3) is 10.2. The molecule has 0 saturated heterocycles. The van der Waals surface area contributed by atoms with Gasteiger partial charge in [0.2, 0.25) is 0 Å². The lowest BCUT2D eigenvalue weighted by Crippen LogP contribution is -2.45. The first kappa shape index (κ1) is 14.7. The van der Waals surface area contributed by atoms with E-state index in [1.807, 2.05) is 25.8 Å². The van der Waals surface area contributed by atoms with Crippen LogP contribution in [0.1, 0.15) is 20.8 Å². The summed E-state index contributed by atoms with van der Waals surface area (Å²) in [6.45, 7) is 7.22. The molecule has 76 valence electrons. The number of nitrogens with two attached hydrogens (primary N) is 1. The van der Waals surface area contributed by atoms with E-state index >= 15 is 0 Å². The summed E-state index contributed by atoms with van der Waals surface area (Å²) < 4.78 is 0. The summed E-state index contributed by atoms with van der Waals surface area (Å²) >= 11 is 0. The number of halogens is 1. The zero-order chi connectivity index (χ0) is 9.07. The maximum Gasteiger partial charge on any atom is 0.0638 e. The topological polar surface area (TPSA) is 49.5 Å². The van der Waals surface area contributed by atoms with Crippen LogP contribution in [0.4, 0.5) is 0 Å². The second kappa shape index (κ2) is 5.75. The molecule has 0 amide bonds. The van der Waals surface area contributed by atoms with Crippen molar-refractivity contribution in [2.45, 2.75) is 32.4 Å². The number of rotatable bonds is 4. The minimum Gasteiger partial charge on any atom is -0.392 e. The molecule has 0 aliphatic heterocycles. The second-order valence-electron chi connectivity index (χ2n) is 4.03. The Hall–Kier alpha value is 0.170. The minimum atomic E-state index is -0.276. The van der Waals surface area contributed by atoms with Crippen molar-refractivity contribution < 1.29 is 5.11 Å². The largest absolute Gasteiger partial charge is 0.392 e. The van der Waals surface area contributed by atoms with Crippen LogP contribution in [0.25, 0.3) is 0 Å². The third-order valence-corrected chi connectivity index (χ3v) is 1.25. The molecular formula is C8H21ClN2O. The van der Waals surface area contributed by atoms with Gasteiger partial charge in [0.1, 0.15) is 0 Å². The van der Waals surface area contributed by atoms with Crippen LogP contribution in [-0.2, 0) is 0 Å². The van der Waals surface area contributed by atoms with Gasteiger partial charge in [-0.05, 0) is 27.8 Å². The summed E-state index contributed by atoms with van der Waals surface area (Å²) in [4.78, 5) is 2.03. The minimum absolute atomic E-state index is 0. The number of hydrogen-bond donors (Lipinski definition) is 2. The van der Waals surface area contributed by atoms with Crippen molar-refractivity contribution in [3.63, 3.8) is 0 Å². The molecule has 0 aromatic carbocycles. The van der Waals surface area contributed by atoms with E-state index in [4.69, 9.17) is 10.8 Å². The van der Waals surface area contributed by atoms with E-state index in [1.54, 1.807) is 6.92 Å². The number of likely N-dealkylation sites (N-methyl/N-ethyl adjacent to an activating group) is 1. The van der Waals surface area contributed by atoms with Crippen LogP contribution in [0.15, 0.2) is 0 Å². The van der Waals surface area contributed by atoms with Crippen molar-refractivity contribution in [1.29, 1.82) is 0 Å². The first-order chi connectivity index (χ1) is 4.81. The van der Waals surface area contributed by atoms with Gasteiger partial charge in [0.15, 0.2) is 0 Å². The number of aliphatic hydroxyl groups excluding tert-OH is 1. The van der Waals surface area contributed by atoms with Crippen LogP contribution in [0, 0.1) is 0 Å². The summed E-state index contributed by atoms with van der Waals surface area (Å²) in [6.07, 6.45) is -0.276. The number of hydrogen-bond acceptors (Lipinski definition) is 3. The van der Waals surface area contributed by atoms with E-state index in [0.29, 0.717) is 6.54 Å². The zero-order valence-electron chi connectivity index (χ0n) is 8.37. The van der Waals surface area contributed by atoms with Crippen LogP contribution in [0.3, 0.4) is 0 Å². The average Bonchev–Trinajstić information content (AvgIpc) is 1.53. The quantitative estimate of drug-likeness (QED) is 0.687. The number of aliphatic hydroxyl groups is 1. The molecule has 0 aliphatic rings. The van der Waals surface area contributed by atoms with Gasteiger partial charge in [-0.1, -0.05) is 0 Å². The van der Waals surface area contributed by atoms with Gasteiger partial charge in [0, 0.05) is 18.6 Å². The highest BCUT2D eigenvalue weighted by Crippen LogP contribution is 1.99. The van der Waals surface area contributed by atoms with Crippen molar-refractivity contribution in [1.82, 2.24) is 4.90 Å². The van der Waals surface area contributed by atoms with E-state index in [2.05, 4.69) is 0 Å². The van der Waals surface area contributed by atoms with Crippen molar-refractivity contribution in [2.75, 3.05) is 20.1 Å². The van der Waals surface area contributed by atoms with E-state index in [-0.39, 0.29) is 24.0 Å². The molecule has 0 heterocycles. The van der Waals surface area contributed by atoms with E-state index in [0.717, 1.165) is 6.54 Å². The van der Waals surface area contributed by atoms with Gasteiger partial charge >= 0.3 is 0 Å². The van der Waals surface area contributed by atoms with Gasteiger partial charge < -0.3 is 15.7 Å². The molecular weight excluding hydrogens is 176 g/mol. The Labute approximate surface area is 81.3 Å². The van der Waals surface area contributed by atoms with E-state index in [9.17, 15) is 0 Å². The molecule has 0 radical (unpaired) electrons. The Morgan fingerprint density at radius 1 is 1.50 bits per heavy atom. The fourth-order valence-electron chi connectivity index (χ4n) is 1.21. The molecule has 0 fully saturated rings. The van der Waals surface area contributed by atoms with Crippen LogP contribution in [0.2, 0.25) is 0 Å². The highest BCUT2D eigenvalue weighted by molar-refractivity contribution is 5.85. The lowest BCUT2D eigenvalue weighted by molar-refractivity contribution is 0.131. The van der Waals surface area contributed by atoms with Crippen LogP contribution >= 0.6 is 12.4 Å². The smallest absolute Gasteiger partial charge is 0.0638 e. The van der Waals surface area contributed by atoms with Crippen molar-refractivity contribution >= 4 is 12.4 Å². The van der Waals surface area contributed by atoms with E-state index < -0.39 is 0 Å². The van der Waals surface area contributed by atoms with Crippen molar-refractivity contribution in [2.24, 2.45) is 5.73 Å². The van der Waals surface area contributed by atoms with E-state index in [1.165, 1.54) is 0 Å². The summed E-state index contributed by atoms with van der Waals surface area (Å²) in [5.41, 5.74) is 5.61. The first-order valence-corrected chi connectivity index (χ1v) is 3.97. The zero-order valence-corrected chi connectivity index (χ0v) is 9.19. The SMILES string of the molecule is CC(O)CN(C)CC(C)(C)N.Cl. The maximum absolute atomic E-state index is 9.04. The summed E-state index contributed by atoms with van der Waals surface area (Å²) in [7, 11) is 1.96. The Kier molecular flexibility index (Phi) is 7.04. The molecule has 0 aromatic rings. The predicted molar refractivity (Wildman–Crippen MR) is 54.7 cm³/mol. The van der Waals surface area contributed by atoms with Crippen molar-refractivity contribution in [3.8, 4) is 0 Å². The summed E-state index contributed by atoms with van der Waals surface area (Å²) in [5, 5.41) is 9.04.